The Morgan fingerprint density at radius 2 is 1.54 bits per heavy atom. The van der Waals surface area contributed by atoms with E-state index >= 15 is 0 Å². The van der Waals surface area contributed by atoms with Gasteiger partial charge < -0.3 is 4.98 Å². The largest absolute Gasteiger partial charge is 0.354 e. The summed E-state index contributed by atoms with van der Waals surface area (Å²) in [5, 5.41) is 2.55. The van der Waals surface area contributed by atoms with Crippen molar-refractivity contribution in [3.63, 3.8) is 0 Å². The Bertz CT molecular complexity index is 1610. The van der Waals surface area contributed by atoms with Gasteiger partial charge in [0.05, 0.1) is 0 Å². The zero-order valence-electron chi connectivity index (χ0n) is 23.3. The third-order valence-corrected chi connectivity index (χ3v) is 10.9. The zero-order chi connectivity index (χ0) is 25.9. The highest BCUT2D eigenvalue weighted by atomic mass is 16.1. The Morgan fingerprint density at radius 3 is 2.30 bits per heavy atom. The van der Waals surface area contributed by atoms with Gasteiger partial charge in [-0.25, -0.2) is 0 Å². The van der Waals surface area contributed by atoms with E-state index in [-0.39, 0.29) is 16.2 Å². The van der Waals surface area contributed by atoms with Crippen LogP contribution in [0.15, 0.2) is 42.5 Å². The number of H-pyrrole nitrogens is 1. The van der Waals surface area contributed by atoms with Crippen molar-refractivity contribution < 1.29 is 4.79 Å². The standard InChI is InChI=1S/C35H39NO/c1-20-14-21(2)31(22(3)15-20)23-8-9-28-24(16-23)25-17-27-26(18-29(25)36-28)32(37)34(6)12-13-35(27)11-7-10-33(4,5)30(35)19-34/h8-9,14-18,30,36H,7,10-13,19H2,1-6H3. The lowest BCUT2D eigenvalue weighted by molar-refractivity contribution is -0.0239. The number of nitrogens with one attached hydrogen (secondary N) is 1. The van der Waals surface area contributed by atoms with Crippen LogP contribution < -0.4 is 0 Å². The molecule has 2 fully saturated rings. The molecule has 2 bridgehead atoms. The van der Waals surface area contributed by atoms with Crippen molar-refractivity contribution in [2.75, 3.05) is 0 Å². The van der Waals surface area contributed by atoms with Crippen LogP contribution in [0.2, 0.25) is 0 Å². The minimum atomic E-state index is -0.235. The summed E-state index contributed by atoms with van der Waals surface area (Å²) in [6.45, 7) is 13.8. The second-order valence-electron chi connectivity index (χ2n) is 13.7. The van der Waals surface area contributed by atoms with Gasteiger partial charge >= 0.3 is 0 Å². The molecule has 37 heavy (non-hydrogen) atoms. The number of Topliss-reactive ketones (excluding diaryl/α,β-unsaturated/α-hetero) is 1. The monoisotopic (exact) mass is 489 g/mol. The summed E-state index contributed by atoms with van der Waals surface area (Å²) >= 11 is 0. The molecule has 4 aliphatic rings. The predicted octanol–water partition coefficient (Wildman–Crippen LogP) is 9.36. The fraction of sp³-hybridized carbons (Fsp3) is 0.457. The summed E-state index contributed by atoms with van der Waals surface area (Å²) in [5.74, 6) is 0.950. The van der Waals surface area contributed by atoms with Crippen molar-refractivity contribution in [2.45, 2.75) is 85.5 Å². The number of carbonyl (C=O) groups excluding carboxylic acids is 1. The van der Waals surface area contributed by atoms with Crippen LogP contribution in [0.5, 0.6) is 0 Å². The molecule has 1 spiro atoms. The maximum Gasteiger partial charge on any atom is 0.169 e. The summed E-state index contributed by atoms with van der Waals surface area (Å²) < 4.78 is 0. The highest BCUT2D eigenvalue weighted by Gasteiger charge is 2.60. The fourth-order valence-corrected chi connectivity index (χ4v) is 9.10. The average Bonchev–Trinajstić information content (AvgIpc) is 3.13. The van der Waals surface area contributed by atoms with Gasteiger partial charge in [-0.2, -0.15) is 0 Å². The Balaban J connectivity index is 1.50. The maximum atomic E-state index is 14.2. The van der Waals surface area contributed by atoms with E-state index in [1.807, 2.05) is 0 Å². The van der Waals surface area contributed by atoms with E-state index in [1.165, 1.54) is 63.4 Å². The summed E-state index contributed by atoms with van der Waals surface area (Å²) in [6.07, 6.45) is 6.97. The van der Waals surface area contributed by atoms with Gasteiger partial charge in [-0.1, -0.05) is 51.0 Å². The lowest BCUT2D eigenvalue weighted by atomic mass is 9.47. The van der Waals surface area contributed by atoms with E-state index in [0.29, 0.717) is 11.7 Å². The zero-order valence-corrected chi connectivity index (χ0v) is 23.3. The van der Waals surface area contributed by atoms with Crippen molar-refractivity contribution in [1.82, 2.24) is 4.98 Å². The number of rotatable bonds is 1. The quantitative estimate of drug-likeness (QED) is 0.284. The minimum Gasteiger partial charge on any atom is -0.354 e. The third kappa shape index (κ3) is 3.08. The van der Waals surface area contributed by atoms with Gasteiger partial charge in [-0.3, -0.25) is 4.79 Å². The topological polar surface area (TPSA) is 32.9 Å². The van der Waals surface area contributed by atoms with E-state index in [0.717, 1.165) is 35.9 Å². The number of fused-ring (bicyclic) bond motifs is 4. The first-order valence-corrected chi connectivity index (χ1v) is 14.3. The number of hydrogen-bond donors (Lipinski definition) is 1. The number of aromatic amines is 1. The van der Waals surface area contributed by atoms with E-state index in [2.05, 4.69) is 89.0 Å². The highest BCUT2D eigenvalue weighted by molar-refractivity contribution is 6.13. The van der Waals surface area contributed by atoms with Gasteiger partial charge in [0, 0.05) is 32.8 Å². The molecular formula is C35H39NO. The summed E-state index contributed by atoms with van der Waals surface area (Å²) in [4.78, 5) is 17.8. The molecule has 0 saturated heterocycles. The predicted molar refractivity (Wildman–Crippen MR) is 155 cm³/mol. The summed E-state index contributed by atoms with van der Waals surface area (Å²) in [7, 11) is 0. The van der Waals surface area contributed by atoms with Crippen molar-refractivity contribution in [2.24, 2.45) is 16.7 Å². The van der Waals surface area contributed by atoms with Gasteiger partial charge in [0.15, 0.2) is 5.78 Å². The van der Waals surface area contributed by atoms with Crippen molar-refractivity contribution in [1.29, 1.82) is 0 Å². The first-order chi connectivity index (χ1) is 17.5. The van der Waals surface area contributed by atoms with E-state index < -0.39 is 0 Å². The normalized spacial score (nSPS) is 28.4. The molecular weight excluding hydrogens is 450 g/mol. The van der Waals surface area contributed by atoms with Gasteiger partial charge in [0.25, 0.3) is 0 Å². The molecule has 2 nitrogen and oxygen atoms in total. The third-order valence-electron chi connectivity index (χ3n) is 10.9. The van der Waals surface area contributed by atoms with Crippen LogP contribution in [-0.4, -0.2) is 10.8 Å². The molecule has 2 heteroatoms. The first-order valence-electron chi connectivity index (χ1n) is 14.3. The minimum absolute atomic E-state index is 0.127. The number of aryl methyl sites for hydroxylation is 3. The van der Waals surface area contributed by atoms with Gasteiger partial charge in [0.1, 0.15) is 0 Å². The number of hydrogen-bond acceptors (Lipinski definition) is 1. The maximum absolute atomic E-state index is 14.2. The molecule has 1 N–H and O–H groups in total. The molecule has 8 rings (SSSR count). The fourth-order valence-electron chi connectivity index (χ4n) is 9.10. The van der Waals surface area contributed by atoms with Crippen molar-refractivity contribution in [3.05, 3.63) is 70.3 Å². The summed E-state index contributed by atoms with van der Waals surface area (Å²) in [6, 6.07) is 16.1. The second-order valence-corrected chi connectivity index (χ2v) is 13.7. The number of benzene rings is 3. The molecule has 0 radical (unpaired) electrons. The number of aromatic nitrogens is 1. The van der Waals surface area contributed by atoms with E-state index in [4.69, 9.17) is 0 Å². The number of ketones is 1. The Hall–Kier alpha value is -2.87. The van der Waals surface area contributed by atoms with Crippen LogP contribution in [0.3, 0.4) is 0 Å². The number of carbonyl (C=O) groups is 1. The van der Waals surface area contributed by atoms with Gasteiger partial charge in [-0.15, -0.1) is 0 Å². The molecule has 4 aromatic rings. The SMILES string of the molecule is Cc1cc(C)c(-c2ccc3[nH]c4cc5c(cc4c3c2)C23CCCC(C)(C)C2CC(C)(CC3)C5=O)c(C)c1. The Morgan fingerprint density at radius 1 is 0.811 bits per heavy atom. The van der Waals surface area contributed by atoms with E-state index in [9.17, 15) is 4.79 Å². The van der Waals surface area contributed by atoms with Crippen LogP contribution in [0, 0.1) is 37.5 Å². The molecule has 2 saturated carbocycles. The lowest BCUT2D eigenvalue weighted by Gasteiger charge is -2.57. The molecule has 190 valence electrons. The van der Waals surface area contributed by atoms with Crippen molar-refractivity contribution >= 4 is 27.6 Å². The average molecular weight is 490 g/mol. The van der Waals surface area contributed by atoms with Gasteiger partial charge in [-0.05, 0) is 122 Å². The molecule has 0 aliphatic heterocycles. The van der Waals surface area contributed by atoms with E-state index in [1.54, 1.807) is 0 Å². The molecule has 1 heterocycles. The molecule has 4 aliphatic carbocycles. The van der Waals surface area contributed by atoms with Crippen LogP contribution >= 0.6 is 0 Å². The van der Waals surface area contributed by atoms with Gasteiger partial charge in [0.2, 0.25) is 0 Å². The Kier molecular flexibility index (Phi) is 4.63. The first kappa shape index (κ1) is 23.3. The molecule has 3 aromatic carbocycles. The lowest BCUT2D eigenvalue weighted by Crippen LogP contribution is -2.51. The second kappa shape index (κ2) is 7.37. The van der Waals surface area contributed by atoms with Crippen LogP contribution in [-0.2, 0) is 5.41 Å². The van der Waals surface area contributed by atoms with Crippen LogP contribution in [0.25, 0.3) is 32.9 Å². The molecule has 3 unspecified atom stereocenters. The van der Waals surface area contributed by atoms with Crippen LogP contribution in [0.4, 0.5) is 0 Å². The molecule has 1 aromatic heterocycles. The van der Waals surface area contributed by atoms with Crippen molar-refractivity contribution in [3.8, 4) is 11.1 Å². The highest BCUT2D eigenvalue weighted by Crippen LogP contribution is 2.65. The molecule has 0 amide bonds. The van der Waals surface area contributed by atoms with Crippen LogP contribution in [0.1, 0.15) is 91.9 Å². The summed E-state index contributed by atoms with van der Waals surface area (Å²) in [5.41, 5.74) is 11.4. The smallest absolute Gasteiger partial charge is 0.169 e. The Labute approximate surface area is 220 Å². The molecule has 3 atom stereocenters.